The van der Waals surface area contributed by atoms with Gasteiger partial charge in [-0.1, -0.05) is 6.07 Å². The van der Waals surface area contributed by atoms with Crippen LogP contribution >= 0.6 is 0 Å². The Bertz CT molecular complexity index is 391. The molecule has 1 aliphatic heterocycles. The molecule has 0 saturated carbocycles. The summed E-state index contributed by atoms with van der Waals surface area (Å²) < 4.78 is 11.7. The van der Waals surface area contributed by atoms with Crippen molar-refractivity contribution in [1.82, 2.24) is 4.98 Å². The molecule has 4 nitrogen and oxygen atoms in total. The maximum absolute atomic E-state index is 5.86. The summed E-state index contributed by atoms with van der Waals surface area (Å²) in [6.07, 6.45) is 0. The number of rotatable bonds is 1. The molecule has 0 aromatic carbocycles. The molecule has 0 atom stereocenters. The molecule has 86 valence electrons. The van der Waals surface area contributed by atoms with Crippen LogP contribution in [0.2, 0.25) is 0 Å². The van der Waals surface area contributed by atoms with Gasteiger partial charge in [0.25, 0.3) is 0 Å². The van der Waals surface area contributed by atoms with Gasteiger partial charge in [-0.2, -0.15) is 0 Å². The van der Waals surface area contributed by atoms with Crippen LogP contribution in [0.4, 0.5) is 5.82 Å². The predicted octanol–water partition coefficient (Wildman–Crippen LogP) is 0.963. The van der Waals surface area contributed by atoms with Crippen LogP contribution in [0.3, 0.4) is 0 Å². The van der Waals surface area contributed by atoms with Crippen molar-refractivity contribution < 1.29 is 9.31 Å². The Balaban J connectivity index is 2.27. The Morgan fingerprint density at radius 2 is 1.69 bits per heavy atom. The van der Waals surface area contributed by atoms with Gasteiger partial charge >= 0.3 is 7.12 Å². The average molecular weight is 220 g/mol. The molecule has 1 aliphatic rings. The van der Waals surface area contributed by atoms with Gasteiger partial charge in [0, 0.05) is 0 Å². The van der Waals surface area contributed by atoms with Crippen LogP contribution in [-0.4, -0.2) is 23.3 Å². The summed E-state index contributed by atoms with van der Waals surface area (Å²) in [6, 6.07) is 5.45. The second-order valence-corrected chi connectivity index (χ2v) is 5.08. The lowest BCUT2D eigenvalue weighted by Gasteiger charge is -2.32. The van der Waals surface area contributed by atoms with Gasteiger partial charge in [0.05, 0.1) is 16.8 Å². The summed E-state index contributed by atoms with van der Waals surface area (Å²) in [5, 5.41) is 0. The van der Waals surface area contributed by atoms with Gasteiger partial charge in [-0.3, -0.25) is 0 Å². The van der Waals surface area contributed by atoms with Gasteiger partial charge in [0.1, 0.15) is 5.82 Å². The standard InChI is InChI=1S/C11H17BN2O2/c1-10(2)11(3,4)16-12(15-10)8-6-5-7-9(13)14-8/h5-7H,1-4H3,(H2,13,14). The number of hydrogen-bond acceptors (Lipinski definition) is 4. The minimum absolute atomic E-state index is 0.343. The first-order chi connectivity index (χ1) is 7.32. The van der Waals surface area contributed by atoms with E-state index in [2.05, 4.69) is 4.98 Å². The van der Waals surface area contributed by atoms with Crippen molar-refractivity contribution >= 4 is 18.5 Å². The second-order valence-electron chi connectivity index (χ2n) is 5.08. The van der Waals surface area contributed by atoms with E-state index in [0.29, 0.717) is 5.82 Å². The molecule has 2 N–H and O–H groups in total. The van der Waals surface area contributed by atoms with Gasteiger partial charge in [0.2, 0.25) is 0 Å². The third kappa shape index (κ3) is 1.81. The van der Waals surface area contributed by atoms with E-state index in [0.717, 1.165) is 5.59 Å². The maximum atomic E-state index is 5.86. The Morgan fingerprint density at radius 1 is 1.12 bits per heavy atom. The van der Waals surface area contributed by atoms with Crippen LogP contribution in [0.5, 0.6) is 0 Å². The Morgan fingerprint density at radius 3 is 2.19 bits per heavy atom. The first-order valence-electron chi connectivity index (χ1n) is 5.40. The van der Waals surface area contributed by atoms with Gasteiger partial charge in [-0.15, -0.1) is 0 Å². The molecule has 0 spiro atoms. The number of hydrogen-bond donors (Lipinski definition) is 1. The third-order valence-corrected chi connectivity index (χ3v) is 3.29. The van der Waals surface area contributed by atoms with E-state index in [9.17, 15) is 0 Å². The average Bonchev–Trinajstić information content (AvgIpc) is 2.36. The van der Waals surface area contributed by atoms with Crippen LogP contribution in [0.25, 0.3) is 0 Å². The van der Waals surface area contributed by atoms with Gasteiger partial charge in [0.15, 0.2) is 0 Å². The molecular formula is C11H17BN2O2. The topological polar surface area (TPSA) is 57.4 Å². The van der Waals surface area contributed by atoms with E-state index in [4.69, 9.17) is 15.0 Å². The molecule has 0 aliphatic carbocycles. The molecule has 1 aromatic rings. The van der Waals surface area contributed by atoms with E-state index < -0.39 is 7.12 Å². The first kappa shape index (κ1) is 11.4. The number of anilines is 1. The quantitative estimate of drug-likeness (QED) is 0.716. The lowest BCUT2D eigenvalue weighted by Crippen LogP contribution is -2.41. The number of nitrogens with zero attached hydrogens (tertiary/aromatic N) is 1. The summed E-state index contributed by atoms with van der Waals surface area (Å²) in [5.74, 6) is 0.479. The Hall–Kier alpha value is -1.07. The highest BCUT2D eigenvalue weighted by Gasteiger charge is 2.52. The van der Waals surface area contributed by atoms with Crippen LogP contribution in [0, 0.1) is 0 Å². The zero-order valence-electron chi connectivity index (χ0n) is 10.2. The lowest BCUT2D eigenvalue weighted by molar-refractivity contribution is 0.00578. The number of pyridine rings is 1. The summed E-state index contributed by atoms with van der Waals surface area (Å²) in [4.78, 5) is 4.21. The third-order valence-electron chi connectivity index (χ3n) is 3.29. The largest absolute Gasteiger partial charge is 0.514 e. The van der Waals surface area contributed by atoms with Crippen molar-refractivity contribution in [3.05, 3.63) is 18.2 Å². The minimum Gasteiger partial charge on any atom is -0.398 e. The van der Waals surface area contributed by atoms with Crippen molar-refractivity contribution in [1.29, 1.82) is 0 Å². The number of nitrogen functional groups attached to an aromatic ring is 1. The van der Waals surface area contributed by atoms with E-state index in [1.807, 2.05) is 39.8 Å². The maximum Gasteiger partial charge on any atom is 0.514 e. The number of nitrogens with two attached hydrogens (primary N) is 1. The second kappa shape index (κ2) is 3.47. The zero-order valence-corrected chi connectivity index (χ0v) is 10.2. The SMILES string of the molecule is CC1(C)OB(c2cccc(N)n2)OC1(C)C. The zero-order chi connectivity index (χ0) is 12.0. The fourth-order valence-corrected chi connectivity index (χ4v) is 1.56. The summed E-state index contributed by atoms with van der Waals surface area (Å²) in [7, 11) is -0.437. The first-order valence-corrected chi connectivity index (χ1v) is 5.40. The molecule has 1 saturated heterocycles. The molecule has 0 bridgehead atoms. The molecule has 0 unspecified atom stereocenters. The van der Waals surface area contributed by atoms with E-state index in [-0.39, 0.29) is 11.2 Å². The molecule has 1 fully saturated rings. The Labute approximate surface area is 96.3 Å². The smallest absolute Gasteiger partial charge is 0.398 e. The summed E-state index contributed by atoms with van der Waals surface area (Å²) in [5.41, 5.74) is 5.67. The highest BCUT2D eigenvalue weighted by Crippen LogP contribution is 2.36. The van der Waals surface area contributed by atoms with Crippen molar-refractivity contribution in [2.75, 3.05) is 5.73 Å². The van der Waals surface area contributed by atoms with Crippen molar-refractivity contribution in [3.63, 3.8) is 0 Å². The van der Waals surface area contributed by atoms with Crippen molar-refractivity contribution in [2.24, 2.45) is 0 Å². The molecule has 2 heterocycles. The molecule has 5 heteroatoms. The molecule has 1 aromatic heterocycles. The highest BCUT2D eigenvalue weighted by molar-refractivity contribution is 6.61. The molecule has 2 rings (SSSR count). The van der Waals surface area contributed by atoms with Crippen LogP contribution in [0.1, 0.15) is 27.7 Å². The number of aromatic nitrogens is 1. The van der Waals surface area contributed by atoms with E-state index in [1.165, 1.54) is 0 Å². The molecule has 0 radical (unpaired) electrons. The summed E-state index contributed by atoms with van der Waals surface area (Å²) >= 11 is 0. The van der Waals surface area contributed by atoms with Gasteiger partial charge < -0.3 is 15.0 Å². The van der Waals surface area contributed by atoms with Crippen molar-refractivity contribution in [2.45, 2.75) is 38.9 Å². The Kier molecular flexibility index (Phi) is 2.47. The van der Waals surface area contributed by atoms with Gasteiger partial charge in [-0.05, 0) is 39.8 Å². The minimum atomic E-state index is -0.437. The lowest BCUT2D eigenvalue weighted by atomic mass is 9.84. The summed E-state index contributed by atoms with van der Waals surface area (Å²) in [6.45, 7) is 8.05. The molecule has 16 heavy (non-hydrogen) atoms. The van der Waals surface area contributed by atoms with Crippen LogP contribution in [-0.2, 0) is 9.31 Å². The fourth-order valence-electron chi connectivity index (χ4n) is 1.56. The normalized spacial score (nSPS) is 22.4. The van der Waals surface area contributed by atoms with E-state index >= 15 is 0 Å². The molecular weight excluding hydrogens is 203 g/mol. The predicted molar refractivity (Wildman–Crippen MR) is 64.4 cm³/mol. The highest BCUT2D eigenvalue weighted by atomic mass is 16.7. The van der Waals surface area contributed by atoms with Crippen LogP contribution < -0.4 is 11.3 Å². The molecule has 0 amide bonds. The van der Waals surface area contributed by atoms with Crippen LogP contribution in [0.15, 0.2) is 18.2 Å². The monoisotopic (exact) mass is 220 g/mol. The van der Waals surface area contributed by atoms with Gasteiger partial charge in [-0.25, -0.2) is 4.98 Å². The van der Waals surface area contributed by atoms with E-state index in [1.54, 1.807) is 6.07 Å². The fraction of sp³-hybridized carbons (Fsp3) is 0.545. The van der Waals surface area contributed by atoms with Crippen molar-refractivity contribution in [3.8, 4) is 0 Å².